The Morgan fingerprint density at radius 2 is 1.76 bits per heavy atom. The van der Waals surface area contributed by atoms with Crippen LogP contribution in [0.1, 0.15) is 32.7 Å². The van der Waals surface area contributed by atoms with Crippen molar-refractivity contribution in [3.05, 3.63) is 51.5 Å². The lowest BCUT2D eigenvalue weighted by atomic mass is 9.58. The van der Waals surface area contributed by atoms with Crippen LogP contribution >= 0.6 is 0 Å². The highest BCUT2D eigenvalue weighted by molar-refractivity contribution is 6.25. The van der Waals surface area contributed by atoms with Crippen LogP contribution in [-0.4, -0.2) is 93.3 Å². The number of phenols is 1. The normalized spacial score (nSPS) is 26.7. The monoisotopic (exact) mass is 528 g/mol. The number of carbonyl (C=O) groups is 5. The number of phenolic OH excluding ortho intramolecular Hbond substituents is 1. The molecule has 3 aliphatic carbocycles. The van der Waals surface area contributed by atoms with Gasteiger partial charge in [-0.05, 0) is 50.6 Å². The van der Waals surface area contributed by atoms with E-state index >= 15 is 0 Å². The number of carbonyl (C=O) groups excluding carboxylic acids is 5. The molecular formula is C25H28N4O9. The second-order valence-electron chi connectivity index (χ2n) is 9.94. The van der Waals surface area contributed by atoms with E-state index in [0.717, 1.165) is 6.07 Å². The molecule has 13 heteroatoms. The summed E-state index contributed by atoms with van der Waals surface area (Å²) in [6.07, 6.45) is -0.130. The Labute approximate surface area is 216 Å². The topological polar surface area (TPSA) is 234 Å². The number of nitrogens with zero attached hydrogens (tertiary/aromatic N) is 1. The van der Waals surface area contributed by atoms with Crippen LogP contribution in [0.15, 0.2) is 34.8 Å². The molecule has 0 heterocycles. The van der Waals surface area contributed by atoms with Gasteiger partial charge in [-0.15, -0.1) is 0 Å². The number of amides is 2. The third-order valence-corrected chi connectivity index (χ3v) is 7.49. The van der Waals surface area contributed by atoms with Gasteiger partial charge in [0.25, 0.3) is 5.91 Å². The Morgan fingerprint density at radius 3 is 2.34 bits per heavy atom. The Bertz CT molecular complexity index is 1360. The zero-order valence-electron chi connectivity index (χ0n) is 20.6. The number of aliphatic hydroxyl groups excluding tert-OH is 2. The highest BCUT2D eigenvalue weighted by Gasteiger charge is 2.63. The van der Waals surface area contributed by atoms with Crippen LogP contribution in [0.25, 0.3) is 0 Å². The zero-order valence-corrected chi connectivity index (χ0v) is 20.6. The molecule has 0 aliphatic heterocycles. The molecule has 4 rings (SSSR count). The first kappa shape index (κ1) is 27.0. The maximum atomic E-state index is 13.6. The molecule has 0 aromatic heterocycles. The molecule has 13 nitrogen and oxygen atoms in total. The summed E-state index contributed by atoms with van der Waals surface area (Å²) in [5, 5.41) is 46.7. The molecule has 9 N–H and O–H groups in total. The molecular weight excluding hydrogens is 500 g/mol. The van der Waals surface area contributed by atoms with Gasteiger partial charge in [0, 0.05) is 17.1 Å². The van der Waals surface area contributed by atoms with Gasteiger partial charge in [0.05, 0.1) is 24.7 Å². The van der Waals surface area contributed by atoms with Crippen LogP contribution in [-0.2, 0) is 20.8 Å². The second-order valence-corrected chi connectivity index (χ2v) is 9.94. The van der Waals surface area contributed by atoms with Crippen molar-refractivity contribution < 1.29 is 44.4 Å². The van der Waals surface area contributed by atoms with Gasteiger partial charge in [0.15, 0.2) is 17.2 Å². The number of ketones is 3. The lowest BCUT2D eigenvalue weighted by Gasteiger charge is -2.50. The number of hydrogen-bond donors (Lipinski definition) is 7. The van der Waals surface area contributed by atoms with Crippen molar-refractivity contribution in [1.29, 1.82) is 0 Å². The first-order chi connectivity index (χ1) is 17.7. The van der Waals surface area contributed by atoms with Gasteiger partial charge < -0.3 is 37.2 Å². The molecule has 0 unspecified atom stereocenters. The summed E-state index contributed by atoms with van der Waals surface area (Å²) in [5.74, 6) is -8.82. The number of allylic oxidation sites excluding steroid dienone is 1. The van der Waals surface area contributed by atoms with E-state index in [1.165, 1.54) is 25.1 Å². The van der Waals surface area contributed by atoms with Crippen LogP contribution in [0.5, 0.6) is 5.75 Å². The Morgan fingerprint density at radius 1 is 1.11 bits per heavy atom. The summed E-state index contributed by atoms with van der Waals surface area (Å²) in [6, 6.07) is 1.35. The quantitative estimate of drug-likeness (QED) is 0.157. The van der Waals surface area contributed by atoms with Gasteiger partial charge in [-0.25, -0.2) is 0 Å². The fraction of sp³-hybridized carbons (Fsp3) is 0.400. The second kappa shape index (κ2) is 9.35. The zero-order chi connectivity index (χ0) is 28.3. The number of benzene rings is 1. The van der Waals surface area contributed by atoms with E-state index in [1.807, 2.05) is 0 Å². The molecule has 0 bridgehead atoms. The Hall–Kier alpha value is -4.07. The van der Waals surface area contributed by atoms with E-state index in [-0.39, 0.29) is 48.2 Å². The van der Waals surface area contributed by atoms with Crippen LogP contribution in [0.3, 0.4) is 0 Å². The number of fused-ring (bicyclic) bond motifs is 3. The summed E-state index contributed by atoms with van der Waals surface area (Å²) >= 11 is 0. The van der Waals surface area contributed by atoms with Crippen LogP contribution < -0.4 is 16.8 Å². The summed E-state index contributed by atoms with van der Waals surface area (Å²) < 4.78 is 0. The average Bonchev–Trinajstić information content (AvgIpc) is 2.80. The molecule has 0 saturated heterocycles. The molecule has 3 aliphatic rings. The minimum atomic E-state index is -2.74. The van der Waals surface area contributed by atoms with Gasteiger partial charge in [0.1, 0.15) is 22.8 Å². The first-order valence-corrected chi connectivity index (χ1v) is 11.7. The third kappa shape index (κ3) is 3.86. The third-order valence-electron chi connectivity index (χ3n) is 7.49. The number of nitrogens with one attached hydrogen (secondary N) is 1. The van der Waals surface area contributed by atoms with E-state index in [4.69, 9.17) is 11.5 Å². The van der Waals surface area contributed by atoms with Crippen LogP contribution in [0, 0.1) is 11.8 Å². The van der Waals surface area contributed by atoms with Gasteiger partial charge in [-0.2, -0.15) is 0 Å². The molecule has 2 amide bonds. The number of primary amides is 2. The number of hydrogen-bond acceptors (Lipinski definition) is 11. The molecule has 0 spiro atoms. The van der Waals surface area contributed by atoms with Gasteiger partial charge >= 0.3 is 0 Å². The lowest BCUT2D eigenvalue weighted by Crippen LogP contribution is -2.63. The maximum absolute atomic E-state index is 13.6. The van der Waals surface area contributed by atoms with Gasteiger partial charge in [-0.1, -0.05) is 0 Å². The number of aromatic hydroxyl groups is 1. The predicted octanol–water partition coefficient (Wildman–Crippen LogP) is -1.62. The molecule has 0 saturated carbocycles. The van der Waals surface area contributed by atoms with Crippen molar-refractivity contribution >= 4 is 29.2 Å². The van der Waals surface area contributed by atoms with E-state index in [1.54, 1.807) is 0 Å². The van der Waals surface area contributed by atoms with Gasteiger partial charge in [0.2, 0.25) is 11.7 Å². The van der Waals surface area contributed by atoms with E-state index < -0.39 is 75.5 Å². The Kier molecular flexibility index (Phi) is 6.64. The lowest BCUT2D eigenvalue weighted by molar-refractivity contribution is -0.148. The molecule has 1 aromatic carbocycles. The minimum Gasteiger partial charge on any atom is -0.510 e. The molecule has 38 heavy (non-hydrogen) atoms. The molecule has 4 atom stereocenters. The molecule has 0 fully saturated rings. The van der Waals surface area contributed by atoms with Crippen molar-refractivity contribution in [3.8, 4) is 5.75 Å². The predicted molar refractivity (Wildman–Crippen MR) is 130 cm³/mol. The molecule has 0 radical (unpaired) electrons. The van der Waals surface area contributed by atoms with E-state index in [9.17, 15) is 44.4 Å². The highest BCUT2D eigenvalue weighted by atomic mass is 16.3. The summed E-state index contributed by atoms with van der Waals surface area (Å²) in [6.45, 7) is -0.528. The number of aliphatic hydroxyl groups is 3. The SMILES string of the molecule is CN(C)[C@@H]1C(O)=C(C(N)=O)C(=O)[C@@]2(O)C(O)=C3C(=O)c4c(O)ccc(C(=O)CNCC(N)=O)c4C[C@H]3C[C@@H]12. The maximum Gasteiger partial charge on any atom is 0.255 e. The summed E-state index contributed by atoms with van der Waals surface area (Å²) in [7, 11) is 3.06. The van der Waals surface area contributed by atoms with Crippen LogP contribution in [0.4, 0.5) is 0 Å². The van der Waals surface area contributed by atoms with Crippen molar-refractivity contribution in [1.82, 2.24) is 10.2 Å². The average molecular weight is 529 g/mol. The highest BCUT2D eigenvalue weighted by Crippen LogP contribution is 2.52. The fourth-order valence-electron chi connectivity index (χ4n) is 5.91. The van der Waals surface area contributed by atoms with Crippen molar-refractivity contribution in [2.75, 3.05) is 27.2 Å². The van der Waals surface area contributed by atoms with Crippen LogP contribution in [0.2, 0.25) is 0 Å². The van der Waals surface area contributed by atoms with E-state index in [2.05, 4.69) is 5.32 Å². The van der Waals surface area contributed by atoms with Crippen molar-refractivity contribution in [2.24, 2.45) is 23.3 Å². The number of likely N-dealkylation sites (N-methyl/N-ethyl adjacent to an activating group) is 1. The first-order valence-electron chi connectivity index (χ1n) is 11.7. The number of Topliss-reactive ketones (excluding diaryl/α,β-unsaturated/α-hetero) is 3. The van der Waals surface area contributed by atoms with Crippen molar-refractivity contribution in [3.63, 3.8) is 0 Å². The minimum absolute atomic E-state index is 0.0279. The fourth-order valence-corrected chi connectivity index (χ4v) is 5.91. The van der Waals surface area contributed by atoms with E-state index in [0.29, 0.717) is 0 Å². The number of nitrogens with two attached hydrogens (primary N) is 2. The smallest absolute Gasteiger partial charge is 0.255 e. The summed E-state index contributed by atoms with van der Waals surface area (Å²) in [4.78, 5) is 64.3. The summed E-state index contributed by atoms with van der Waals surface area (Å²) in [5.41, 5.74) is 6.46. The number of rotatable bonds is 7. The standard InChI is InChI=1S/C25H28N4O9/c1-29(2)19-12-6-9-5-11-10(14(31)7-28-8-15(26)32)3-4-13(30)17(11)20(33)16(9)22(35)25(12,38)23(36)18(21(19)34)24(27)37/h3-4,9,12,19,28,30,34-35,38H,5-8H2,1-2H3,(H2,26,32)(H2,27,37)/t9-,12-,19-,25-/m0/s1. The largest absolute Gasteiger partial charge is 0.510 e. The van der Waals surface area contributed by atoms with Crippen molar-refractivity contribution in [2.45, 2.75) is 24.5 Å². The van der Waals surface area contributed by atoms with Gasteiger partial charge in [-0.3, -0.25) is 28.9 Å². The molecule has 1 aromatic rings. The molecule has 202 valence electrons. The Balaban J connectivity index is 1.86.